The Labute approximate surface area is 108 Å². The Balaban J connectivity index is 2.41. The zero-order valence-corrected chi connectivity index (χ0v) is 10.1. The number of hydrogen-bond donors (Lipinski definition) is 3. The van der Waals surface area contributed by atoms with Crippen LogP contribution in [0.4, 0.5) is 0 Å². The van der Waals surface area contributed by atoms with Crippen LogP contribution in [0.2, 0.25) is 0 Å². The van der Waals surface area contributed by atoms with Gasteiger partial charge in [0.25, 0.3) is 0 Å². The molecule has 0 aliphatic rings. The molecule has 2 rings (SSSR count). The molecule has 0 saturated carbocycles. The first-order valence-electron chi connectivity index (χ1n) is 5.53. The Bertz CT molecular complexity index is 656. The third-order valence-electron chi connectivity index (χ3n) is 2.82. The highest BCUT2D eigenvalue weighted by molar-refractivity contribution is 5.94. The van der Waals surface area contributed by atoms with E-state index in [1.807, 2.05) is 0 Å². The van der Waals surface area contributed by atoms with Crippen molar-refractivity contribution in [2.24, 2.45) is 0 Å². The number of H-pyrrole nitrogens is 1. The van der Waals surface area contributed by atoms with E-state index < -0.39 is 18.2 Å². The molecule has 1 heterocycles. The van der Waals surface area contributed by atoms with Crippen LogP contribution in [-0.2, 0) is 4.74 Å². The van der Waals surface area contributed by atoms with Crippen molar-refractivity contribution in [1.29, 1.82) is 5.26 Å². The van der Waals surface area contributed by atoms with Crippen LogP contribution >= 0.6 is 0 Å². The average Bonchev–Trinajstić information content (AvgIpc) is 2.87. The van der Waals surface area contributed by atoms with Gasteiger partial charge in [0.05, 0.1) is 13.2 Å². The predicted molar refractivity (Wildman–Crippen MR) is 66.2 cm³/mol. The number of hydrogen-bond acceptors (Lipinski definition) is 5. The van der Waals surface area contributed by atoms with Gasteiger partial charge in [-0.15, -0.1) is 0 Å². The third-order valence-corrected chi connectivity index (χ3v) is 2.82. The number of fused-ring (bicyclic) bond motifs is 1. The molecule has 98 valence electrons. The molecular formula is C13H12N2O4. The Kier molecular flexibility index (Phi) is 3.51. The summed E-state index contributed by atoms with van der Waals surface area (Å²) in [6.07, 6.45) is -2.79. The number of aromatic amines is 1. The van der Waals surface area contributed by atoms with E-state index in [0.29, 0.717) is 16.8 Å². The number of nitrogens with one attached hydrogen (secondary N) is 1. The van der Waals surface area contributed by atoms with Crippen LogP contribution < -0.4 is 0 Å². The number of benzene rings is 1. The fourth-order valence-corrected chi connectivity index (χ4v) is 1.80. The van der Waals surface area contributed by atoms with Crippen molar-refractivity contribution < 1.29 is 19.7 Å². The van der Waals surface area contributed by atoms with E-state index in [0.717, 1.165) is 5.39 Å². The number of rotatable bonds is 3. The highest BCUT2D eigenvalue weighted by Gasteiger charge is 2.18. The standard InChI is InChI=1S/C13H12N2O4/c1-19-13(18)10-4-7-2-3-8(5-9(7)15-10)12(17)11(16)6-14/h2-5,11-12,15-17H,1H3. The number of esters is 1. The van der Waals surface area contributed by atoms with E-state index in [2.05, 4.69) is 9.72 Å². The van der Waals surface area contributed by atoms with Crippen molar-refractivity contribution in [3.05, 3.63) is 35.5 Å². The molecule has 0 aliphatic heterocycles. The summed E-state index contributed by atoms with van der Waals surface area (Å²) in [6, 6.07) is 8.03. The minimum absolute atomic E-state index is 0.296. The summed E-state index contributed by atoms with van der Waals surface area (Å²) < 4.78 is 4.60. The molecule has 2 unspecified atom stereocenters. The molecule has 6 nitrogen and oxygen atoms in total. The number of aliphatic hydroxyl groups excluding tert-OH is 2. The SMILES string of the molecule is COC(=O)c1cc2ccc(C(O)C(O)C#N)cc2[nH]1. The quantitative estimate of drug-likeness (QED) is 0.561. The Morgan fingerprint density at radius 3 is 2.79 bits per heavy atom. The summed E-state index contributed by atoms with van der Waals surface area (Å²) in [6.45, 7) is 0. The number of carbonyl (C=O) groups is 1. The van der Waals surface area contributed by atoms with Gasteiger partial charge in [-0.05, 0) is 17.7 Å². The van der Waals surface area contributed by atoms with E-state index in [4.69, 9.17) is 5.26 Å². The second-order valence-corrected chi connectivity index (χ2v) is 4.04. The maximum absolute atomic E-state index is 11.4. The van der Waals surface area contributed by atoms with Crippen molar-refractivity contribution >= 4 is 16.9 Å². The van der Waals surface area contributed by atoms with E-state index in [-0.39, 0.29) is 0 Å². The smallest absolute Gasteiger partial charge is 0.354 e. The molecule has 1 aromatic carbocycles. The topological polar surface area (TPSA) is 106 Å². The Morgan fingerprint density at radius 1 is 1.42 bits per heavy atom. The van der Waals surface area contributed by atoms with Gasteiger partial charge in [0.1, 0.15) is 11.8 Å². The zero-order valence-electron chi connectivity index (χ0n) is 10.1. The van der Waals surface area contributed by atoms with Gasteiger partial charge in [-0.2, -0.15) is 5.26 Å². The summed E-state index contributed by atoms with van der Waals surface area (Å²) in [5.74, 6) is -0.490. The van der Waals surface area contributed by atoms with Crippen LogP contribution in [0.3, 0.4) is 0 Å². The fourth-order valence-electron chi connectivity index (χ4n) is 1.80. The Morgan fingerprint density at radius 2 is 2.16 bits per heavy atom. The zero-order chi connectivity index (χ0) is 14.0. The summed E-state index contributed by atoms with van der Waals surface area (Å²) in [5, 5.41) is 28.3. The number of aliphatic hydroxyl groups is 2. The van der Waals surface area contributed by atoms with E-state index in [1.54, 1.807) is 30.3 Å². The maximum Gasteiger partial charge on any atom is 0.354 e. The fraction of sp³-hybridized carbons (Fsp3) is 0.231. The summed E-state index contributed by atoms with van der Waals surface area (Å²) >= 11 is 0. The van der Waals surface area contributed by atoms with Crippen LogP contribution in [0, 0.1) is 11.3 Å². The molecule has 0 fully saturated rings. The number of methoxy groups -OCH3 is 1. The number of ether oxygens (including phenoxy) is 1. The van der Waals surface area contributed by atoms with Gasteiger partial charge in [-0.3, -0.25) is 0 Å². The largest absolute Gasteiger partial charge is 0.464 e. The van der Waals surface area contributed by atoms with Crippen LogP contribution in [0.25, 0.3) is 10.9 Å². The first kappa shape index (κ1) is 13.1. The molecule has 6 heteroatoms. The molecule has 0 saturated heterocycles. The van der Waals surface area contributed by atoms with E-state index in [9.17, 15) is 15.0 Å². The molecule has 0 amide bonds. The maximum atomic E-state index is 11.4. The van der Waals surface area contributed by atoms with Gasteiger partial charge >= 0.3 is 5.97 Å². The average molecular weight is 260 g/mol. The lowest BCUT2D eigenvalue weighted by Gasteiger charge is -2.11. The second kappa shape index (κ2) is 5.10. The first-order valence-corrected chi connectivity index (χ1v) is 5.53. The van der Waals surface area contributed by atoms with Crippen LogP contribution in [0.15, 0.2) is 24.3 Å². The lowest BCUT2D eigenvalue weighted by atomic mass is 10.0. The van der Waals surface area contributed by atoms with Crippen molar-refractivity contribution in [3.63, 3.8) is 0 Å². The molecule has 0 spiro atoms. The molecule has 19 heavy (non-hydrogen) atoms. The van der Waals surface area contributed by atoms with Crippen LogP contribution in [0.1, 0.15) is 22.2 Å². The number of aromatic nitrogens is 1. The molecule has 0 radical (unpaired) electrons. The van der Waals surface area contributed by atoms with Crippen molar-refractivity contribution in [2.75, 3.05) is 7.11 Å². The third kappa shape index (κ3) is 2.42. The van der Waals surface area contributed by atoms with Gasteiger partial charge in [0.15, 0.2) is 6.10 Å². The number of nitrogens with zero attached hydrogens (tertiary/aromatic N) is 1. The number of carbonyl (C=O) groups excluding carboxylic acids is 1. The van der Waals surface area contributed by atoms with Crippen molar-refractivity contribution in [2.45, 2.75) is 12.2 Å². The highest BCUT2D eigenvalue weighted by atomic mass is 16.5. The predicted octanol–water partition coefficient (Wildman–Crippen LogP) is 0.872. The van der Waals surface area contributed by atoms with E-state index >= 15 is 0 Å². The molecule has 0 aliphatic carbocycles. The van der Waals surface area contributed by atoms with Crippen molar-refractivity contribution in [1.82, 2.24) is 4.98 Å². The van der Waals surface area contributed by atoms with E-state index in [1.165, 1.54) is 7.11 Å². The molecule has 0 bridgehead atoms. The molecule has 2 aromatic rings. The van der Waals surface area contributed by atoms with Crippen LogP contribution in [-0.4, -0.2) is 34.4 Å². The van der Waals surface area contributed by atoms with Gasteiger partial charge in [-0.25, -0.2) is 4.79 Å². The normalized spacial score (nSPS) is 13.8. The van der Waals surface area contributed by atoms with Crippen molar-refractivity contribution in [3.8, 4) is 6.07 Å². The number of nitriles is 1. The lowest BCUT2D eigenvalue weighted by molar-refractivity contribution is 0.0529. The van der Waals surface area contributed by atoms with Crippen LogP contribution in [0.5, 0.6) is 0 Å². The summed E-state index contributed by atoms with van der Waals surface area (Å²) in [4.78, 5) is 14.2. The van der Waals surface area contributed by atoms with Gasteiger partial charge in [0.2, 0.25) is 0 Å². The summed E-state index contributed by atoms with van der Waals surface area (Å²) in [7, 11) is 1.28. The molecular weight excluding hydrogens is 248 g/mol. The molecule has 1 aromatic heterocycles. The second-order valence-electron chi connectivity index (χ2n) is 4.04. The van der Waals surface area contributed by atoms with Gasteiger partial charge in [0, 0.05) is 10.9 Å². The minimum atomic E-state index is -1.49. The summed E-state index contributed by atoms with van der Waals surface area (Å²) in [5.41, 5.74) is 1.30. The van der Waals surface area contributed by atoms with Gasteiger partial charge < -0.3 is 19.9 Å². The molecule has 2 atom stereocenters. The minimum Gasteiger partial charge on any atom is -0.464 e. The first-order chi connectivity index (χ1) is 9.06. The highest BCUT2D eigenvalue weighted by Crippen LogP contribution is 2.23. The van der Waals surface area contributed by atoms with Gasteiger partial charge in [-0.1, -0.05) is 12.1 Å². The Hall–Kier alpha value is -2.36. The lowest BCUT2D eigenvalue weighted by Crippen LogP contribution is -2.15. The molecule has 3 N–H and O–H groups in total. The monoisotopic (exact) mass is 260 g/mol.